The third kappa shape index (κ3) is 3.79. The molecule has 0 radical (unpaired) electrons. The van der Waals surface area contributed by atoms with Crippen molar-refractivity contribution in [2.45, 2.75) is 31.3 Å². The van der Waals surface area contributed by atoms with Crippen LogP contribution in [0.3, 0.4) is 0 Å². The van der Waals surface area contributed by atoms with E-state index in [9.17, 15) is 13.2 Å². The summed E-state index contributed by atoms with van der Waals surface area (Å²) in [5.74, 6) is -0.0671. The lowest BCUT2D eigenvalue weighted by Crippen LogP contribution is -2.43. The molecule has 0 aliphatic carbocycles. The minimum absolute atomic E-state index is 0.0543. The molecule has 0 aromatic heterocycles. The Morgan fingerprint density at radius 3 is 2.63 bits per heavy atom. The molecule has 0 fully saturated rings. The van der Waals surface area contributed by atoms with Crippen molar-refractivity contribution in [2.24, 2.45) is 0 Å². The second-order valence-electron chi connectivity index (χ2n) is 6.23. The highest BCUT2D eigenvalue weighted by molar-refractivity contribution is 9.10. The number of rotatable bonds is 4. The summed E-state index contributed by atoms with van der Waals surface area (Å²) in [6, 6.07) is 8.01. The first-order valence-electron chi connectivity index (χ1n) is 8.20. The van der Waals surface area contributed by atoms with Gasteiger partial charge in [-0.2, -0.15) is 0 Å². The molecule has 1 aliphatic heterocycles. The van der Waals surface area contributed by atoms with Gasteiger partial charge >= 0.3 is 0 Å². The normalized spacial score (nSPS) is 16.7. The Bertz CT molecular complexity index is 1030. The molecule has 3 rings (SSSR count). The van der Waals surface area contributed by atoms with E-state index in [4.69, 9.17) is 16.3 Å². The van der Waals surface area contributed by atoms with E-state index >= 15 is 0 Å². The van der Waals surface area contributed by atoms with Crippen molar-refractivity contribution >= 4 is 54.8 Å². The molecule has 6 nitrogen and oxygen atoms in total. The number of aryl methyl sites for hydroxylation is 1. The molecule has 0 saturated carbocycles. The predicted molar refractivity (Wildman–Crippen MR) is 109 cm³/mol. The van der Waals surface area contributed by atoms with Gasteiger partial charge in [0.25, 0.3) is 15.9 Å². The fourth-order valence-corrected chi connectivity index (χ4v) is 4.78. The Hall–Kier alpha value is -1.77. The molecular weight excluding hydrogens is 456 g/mol. The van der Waals surface area contributed by atoms with Crippen molar-refractivity contribution in [2.75, 3.05) is 16.7 Å². The number of sulfonamides is 1. The van der Waals surface area contributed by atoms with Gasteiger partial charge in [0.05, 0.1) is 11.4 Å². The number of amides is 1. The molecule has 9 heteroatoms. The van der Waals surface area contributed by atoms with E-state index in [2.05, 4.69) is 20.7 Å². The van der Waals surface area contributed by atoms with Crippen LogP contribution in [0.5, 0.6) is 5.75 Å². The Morgan fingerprint density at radius 2 is 2.00 bits per heavy atom. The number of carbonyl (C=O) groups is 1. The summed E-state index contributed by atoms with van der Waals surface area (Å²) in [4.78, 5) is 13.7. The van der Waals surface area contributed by atoms with E-state index in [1.807, 2.05) is 6.92 Å². The van der Waals surface area contributed by atoms with E-state index in [0.717, 1.165) is 5.56 Å². The van der Waals surface area contributed by atoms with Crippen molar-refractivity contribution in [3.05, 3.63) is 45.4 Å². The Kier molecular flexibility index (Phi) is 5.42. The molecule has 27 heavy (non-hydrogen) atoms. The summed E-state index contributed by atoms with van der Waals surface area (Å²) in [5, 5.41) is 0.457. The van der Waals surface area contributed by atoms with Gasteiger partial charge in [-0.25, -0.2) is 8.42 Å². The number of benzene rings is 2. The van der Waals surface area contributed by atoms with Crippen molar-refractivity contribution in [1.29, 1.82) is 0 Å². The first-order valence-corrected chi connectivity index (χ1v) is 10.9. The van der Waals surface area contributed by atoms with Crippen LogP contribution in [0, 0.1) is 6.92 Å². The maximum Gasteiger partial charge on any atom is 0.267 e. The molecule has 1 aliphatic rings. The van der Waals surface area contributed by atoms with E-state index in [-0.39, 0.29) is 16.6 Å². The highest BCUT2D eigenvalue weighted by Gasteiger charge is 2.36. The number of hydrogen-bond donors (Lipinski definition) is 1. The molecule has 1 atom stereocenters. The number of hydrogen-bond acceptors (Lipinski definition) is 4. The van der Waals surface area contributed by atoms with Crippen LogP contribution in [0.25, 0.3) is 0 Å². The molecule has 1 unspecified atom stereocenters. The molecule has 1 amide bonds. The zero-order chi connectivity index (χ0) is 19.9. The minimum Gasteiger partial charge on any atom is -0.477 e. The molecule has 1 heterocycles. The smallest absolute Gasteiger partial charge is 0.267 e. The van der Waals surface area contributed by atoms with Gasteiger partial charge < -0.3 is 9.64 Å². The number of halogens is 2. The maximum atomic E-state index is 13.0. The van der Waals surface area contributed by atoms with Gasteiger partial charge in [-0.1, -0.05) is 40.5 Å². The molecule has 144 valence electrons. The number of carbonyl (C=O) groups excluding carboxylic acids is 1. The average molecular weight is 474 g/mol. The lowest BCUT2D eigenvalue weighted by atomic mass is 10.1. The van der Waals surface area contributed by atoms with Crippen LogP contribution < -0.4 is 14.4 Å². The monoisotopic (exact) mass is 472 g/mol. The summed E-state index contributed by atoms with van der Waals surface area (Å²) in [5.41, 5.74) is 1.57. The van der Waals surface area contributed by atoms with Crippen LogP contribution in [0.15, 0.2) is 39.7 Å². The third-order valence-corrected chi connectivity index (χ3v) is 6.56. The van der Waals surface area contributed by atoms with Crippen molar-refractivity contribution in [3.8, 4) is 5.75 Å². The van der Waals surface area contributed by atoms with Crippen molar-refractivity contribution in [3.63, 3.8) is 0 Å². The van der Waals surface area contributed by atoms with Crippen molar-refractivity contribution in [1.82, 2.24) is 0 Å². The third-order valence-electron chi connectivity index (χ3n) is 4.31. The van der Waals surface area contributed by atoms with E-state index < -0.39 is 16.1 Å². The highest BCUT2D eigenvalue weighted by atomic mass is 79.9. The number of likely N-dealkylation sites (N-methyl/N-ethyl adjacent to an activating group) is 1. The molecule has 2 aromatic carbocycles. The lowest BCUT2D eigenvalue weighted by molar-refractivity contribution is -0.126. The summed E-state index contributed by atoms with van der Waals surface area (Å²) >= 11 is 9.40. The standard InChI is InChI=1S/C18H18BrClN2O4S/c1-4-15-18(23)22(3)14-7-11(19)8-16(17(14)26-15)27(24,25)21-12-6-5-10(2)13(20)9-12/h5-9,15,21H,4H2,1-3H3. The van der Waals surface area contributed by atoms with Crippen LogP contribution in [-0.2, 0) is 14.8 Å². The topological polar surface area (TPSA) is 75.7 Å². The summed E-state index contributed by atoms with van der Waals surface area (Å²) < 4.78 is 34.9. The van der Waals surface area contributed by atoms with E-state index in [0.29, 0.717) is 27.3 Å². The largest absolute Gasteiger partial charge is 0.477 e. The Labute approximate surface area is 171 Å². The van der Waals surface area contributed by atoms with Crippen LogP contribution >= 0.6 is 27.5 Å². The maximum absolute atomic E-state index is 13.0. The molecule has 1 N–H and O–H groups in total. The van der Waals surface area contributed by atoms with Gasteiger partial charge in [0.2, 0.25) is 0 Å². The second kappa shape index (κ2) is 7.33. The summed E-state index contributed by atoms with van der Waals surface area (Å²) in [6.07, 6.45) is -0.300. The quantitative estimate of drug-likeness (QED) is 0.716. The number of ether oxygens (including phenoxy) is 1. The van der Waals surface area contributed by atoms with Gasteiger partial charge in [-0.15, -0.1) is 0 Å². The molecule has 0 bridgehead atoms. The van der Waals surface area contributed by atoms with Gasteiger partial charge in [0.1, 0.15) is 4.90 Å². The Balaban J connectivity index is 2.09. The summed E-state index contributed by atoms with van der Waals surface area (Å²) in [7, 11) is -2.38. The molecule has 2 aromatic rings. The second-order valence-corrected chi connectivity index (χ2v) is 9.21. The van der Waals surface area contributed by atoms with Crippen LogP contribution in [-0.4, -0.2) is 27.5 Å². The van der Waals surface area contributed by atoms with Gasteiger partial charge in [0, 0.05) is 16.5 Å². The van der Waals surface area contributed by atoms with Crippen LogP contribution in [0.2, 0.25) is 5.02 Å². The predicted octanol–water partition coefficient (Wildman–Crippen LogP) is 4.35. The fourth-order valence-electron chi connectivity index (χ4n) is 2.77. The molecule has 0 saturated heterocycles. The zero-order valence-corrected chi connectivity index (χ0v) is 18.1. The molecular formula is C18H18BrClN2O4S. The van der Waals surface area contributed by atoms with Crippen LogP contribution in [0.4, 0.5) is 11.4 Å². The minimum atomic E-state index is -3.98. The van der Waals surface area contributed by atoms with Crippen LogP contribution in [0.1, 0.15) is 18.9 Å². The van der Waals surface area contributed by atoms with Gasteiger partial charge in [-0.05, 0) is 43.2 Å². The summed E-state index contributed by atoms with van der Waals surface area (Å²) in [6.45, 7) is 3.64. The number of fused-ring (bicyclic) bond motifs is 1. The van der Waals surface area contributed by atoms with Gasteiger partial charge in [-0.3, -0.25) is 9.52 Å². The average Bonchev–Trinajstić information content (AvgIpc) is 2.61. The van der Waals surface area contributed by atoms with E-state index in [1.54, 1.807) is 38.2 Å². The number of nitrogens with zero attached hydrogens (tertiary/aromatic N) is 1. The van der Waals surface area contributed by atoms with E-state index in [1.165, 1.54) is 11.0 Å². The number of nitrogens with one attached hydrogen (secondary N) is 1. The van der Waals surface area contributed by atoms with Gasteiger partial charge in [0.15, 0.2) is 11.9 Å². The Morgan fingerprint density at radius 1 is 1.30 bits per heavy atom. The SMILES string of the molecule is CCC1Oc2c(cc(Br)cc2S(=O)(=O)Nc2ccc(C)c(Cl)c2)N(C)C1=O. The highest BCUT2D eigenvalue weighted by Crippen LogP contribution is 2.42. The first-order chi connectivity index (χ1) is 12.6. The lowest BCUT2D eigenvalue weighted by Gasteiger charge is -2.32. The zero-order valence-electron chi connectivity index (χ0n) is 14.9. The first kappa shape index (κ1) is 20.0. The van der Waals surface area contributed by atoms with Crippen molar-refractivity contribution < 1.29 is 17.9 Å². The number of anilines is 2. The fraction of sp³-hybridized carbons (Fsp3) is 0.278. The molecule has 0 spiro atoms.